The van der Waals surface area contributed by atoms with Gasteiger partial charge in [0, 0.05) is 32.9 Å². The van der Waals surface area contributed by atoms with Crippen molar-refractivity contribution in [1.82, 2.24) is 10.2 Å². The molecule has 1 spiro atoms. The van der Waals surface area contributed by atoms with Crippen LogP contribution in [0.4, 0.5) is 0 Å². The molecule has 0 amide bonds. The molecule has 122 valence electrons. The molecule has 1 saturated heterocycles. The highest BCUT2D eigenvalue weighted by molar-refractivity contribution is 7.90. The van der Waals surface area contributed by atoms with Gasteiger partial charge in [-0.15, -0.1) is 0 Å². The molecule has 0 atom stereocenters. The summed E-state index contributed by atoms with van der Waals surface area (Å²) in [5, 5.41) is 3.32. The Morgan fingerprint density at radius 3 is 2.57 bits per heavy atom. The van der Waals surface area contributed by atoms with Gasteiger partial charge >= 0.3 is 0 Å². The molecule has 1 N–H and O–H groups in total. The Bertz CT molecular complexity index is 467. The summed E-state index contributed by atoms with van der Waals surface area (Å²) in [5.41, 5.74) is 0.516. The average molecular weight is 315 g/mol. The van der Waals surface area contributed by atoms with Crippen LogP contribution in [0.3, 0.4) is 0 Å². The van der Waals surface area contributed by atoms with Gasteiger partial charge in [-0.05, 0) is 31.1 Å². The fourth-order valence-electron chi connectivity index (χ4n) is 3.69. The highest BCUT2D eigenvalue weighted by atomic mass is 32.2. The lowest BCUT2D eigenvalue weighted by atomic mass is 9.73. The number of likely N-dealkylation sites (tertiary alicyclic amines) is 1. The molecule has 0 unspecified atom stereocenters. The molecule has 6 heteroatoms. The van der Waals surface area contributed by atoms with Gasteiger partial charge in [-0.1, -0.05) is 19.3 Å². The maximum absolute atomic E-state index is 11.1. The monoisotopic (exact) mass is 315 g/mol. The molecule has 2 aliphatic rings. The van der Waals surface area contributed by atoms with E-state index >= 15 is 0 Å². The minimum absolute atomic E-state index is 0.237. The van der Waals surface area contributed by atoms with Gasteiger partial charge in [0.25, 0.3) is 0 Å². The third kappa shape index (κ3) is 4.87. The first-order chi connectivity index (χ1) is 9.94. The third-order valence-electron chi connectivity index (χ3n) is 4.84. The van der Waals surface area contributed by atoms with Crippen molar-refractivity contribution in [3.63, 3.8) is 0 Å². The van der Waals surface area contributed by atoms with E-state index in [9.17, 15) is 8.42 Å². The van der Waals surface area contributed by atoms with Crippen LogP contribution in [0, 0.1) is 5.41 Å². The predicted molar refractivity (Wildman–Crippen MR) is 87.4 cm³/mol. The number of hydrogen-bond acceptors (Lipinski definition) is 3. The lowest BCUT2D eigenvalue weighted by Crippen LogP contribution is -2.42. The highest BCUT2D eigenvalue weighted by Gasteiger charge is 2.39. The van der Waals surface area contributed by atoms with Crippen molar-refractivity contribution in [3.8, 4) is 0 Å². The number of sulfone groups is 1. The van der Waals surface area contributed by atoms with Crippen molar-refractivity contribution >= 4 is 15.8 Å². The van der Waals surface area contributed by atoms with Crippen LogP contribution in [0.15, 0.2) is 4.99 Å². The lowest BCUT2D eigenvalue weighted by molar-refractivity contribution is 0.203. The molecule has 0 radical (unpaired) electrons. The molecule has 0 bridgehead atoms. The van der Waals surface area contributed by atoms with Gasteiger partial charge in [0.2, 0.25) is 0 Å². The molecule has 1 heterocycles. The van der Waals surface area contributed by atoms with E-state index in [0.717, 1.165) is 19.0 Å². The van der Waals surface area contributed by atoms with Crippen molar-refractivity contribution in [3.05, 3.63) is 0 Å². The maximum Gasteiger partial charge on any atom is 0.193 e. The van der Waals surface area contributed by atoms with E-state index in [1.807, 2.05) is 7.05 Å². The Morgan fingerprint density at radius 2 is 1.95 bits per heavy atom. The van der Waals surface area contributed by atoms with Crippen LogP contribution in [-0.4, -0.2) is 58.0 Å². The molecule has 1 saturated carbocycles. The molecule has 0 aromatic rings. The highest BCUT2D eigenvalue weighted by Crippen LogP contribution is 2.43. The second-order valence-electron chi connectivity index (χ2n) is 6.69. The molecule has 5 nitrogen and oxygen atoms in total. The van der Waals surface area contributed by atoms with Crippen molar-refractivity contribution in [2.45, 2.75) is 44.9 Å². The van der Waals surface area contributed by atoms with Crippen LogP contribution in [-0.2, 0) is 9.84 Å². The largest absolute Gasteiger partial charge is 0.356 e. The quantitative estimate of drug-likeness (QED) is 0.487. The maximum atomic E-state index is 11.1. The van der Waals surface area contributed by atoms with Crippen LogP contribution in [0.25, 0.3) is 0 Å². The summed E-state index contributed by atoms with van der Waals surface area (Å²) in [6, 6.07) is 0. The Morgan fingerprint density at radius 1 is 1.24 bits per heavy atom. The molecule has 1 aliphatic heterocycles. The number of aliphatic imine (C=N–C) groups is 1. The van der Waals surface area contributed by atoms with Gasteiger partial charge < -0.3 is 10.2 Å². The van der Waals surface area contributed by atoms with E-state index in [2.05, 4.69) is 15.2 Å². The Balaban J connectivity index is 1.80. The summed E-state index contributed by atoms with van der Waals surface area (Å²) in [6.07, 6.45) is 10.0. The molecule has 2 fully saturated rings. The second kappa shape index (κ2) is 6.99. The summed E-state index contributed by atoms with van der Waals surface area (Å²) in [7, 11) is -1.05. The van der Waals surface area contributed by atoms with Gasteiger partial charge in [0.15, 0.2) is 5.96 Å². The first-order valence-corrected chi connectivity index (χ1v) is 10.1. The fraction of sp³-hybridized carbons (Fsp3) is 0.933. The smallest absolute Gasteiger partial charge is 0.193 e. The number of nitrogens with one attached hydrogen (secondary N) is 1. The number of rotatable bonds is 4. The fourth-order valence-corrected chi connectivity index (χ4v) is 4.36. The molecule has 0 aromatic carbocycles. The summed E-state index contributed by atoms with van der Waals surface area (Å²) >= 11 is 0. The standard InChI is InChI=1S/C15H29N3O2S/c1-16-14(17-10-6-12-21(2,19)20)18-11-9-15(13-18)7-4-3-5-8-15/h3-13H2,1-2H3,(H,16,17). The van der Waals surface area contributed by atoms with Gasteiger partial charge in [-0.2, -0.15) is 0 Å². The van der Waals surface area contributed by atoms with E-state index in [1.54, 1.807) is 0 Å². The first-order valence-electron chi connectivity index (χ1n) is 8.07. The first kappa shape index (κ1) is 16.6. The molecule has 1 aliphatic carbocycles. The molecule has 21 heavy (non-hydrogen) atoms. The van der Waals surface area contributed by atoms with E-state index < -0.39 is 9.84 Å². The molecular weight excluding hydrogens is 286 g/mol. The van der Waals surface area contributed by atoms with Crippen LogP contribution < -0.4 is 5.32 Å². The van der Waals surface area contributed by atoms with Crippen LogP contribution >= 0.6 is 0 Å². The molecular formula is C15H29N3O2S. The van der Waals surface area contributed by atoms with E-state index in [4.69, 9.17) is 0 Å². The van der Waals surface area contributed by atoms with Gasteiger partial charge in [0.1, 0.15) is 9.84 Å². The minimum Gasteiger partial charge on any atom is -0.356 e. The minimum atomic E-state index is -2.86. The van der Waals surface area contributed by atoms with E-state index in [1.165, 1.54) is 44.8 Å². The Kier molecular flexibility index (Phi) is 5.52. The Labute approximate surface area is 129 Å². The average Bonchev–Trinajstić information content (AvgIpc) is 2.82. The van der Waals surface area contributed by atoms with Crippen molar-refractivity contribution in [2.24, 2.45) is 10.4 Å². The van der Waals surface area contributed by atoms with E-state index in [0.29, 0.717) is 18.4 Å². The zero-order chi connectivity index (χ0) is 15.3. The summed E-state index contributed by atoms with van der Waals surface area (Å²) in [5.74, 6) is 1.17. The van der Waals surface area contributed by atoms with Crippen molar-refractivity contribution in [1.29, 1.82) is 0 Å². The van der Waals surface area contributed by atoms with Gasteiger partial charge in [-0.3, -0.25) is 4.99 Å². The van der Waals surface area contributed by atoms with Crippen LogP contribution in [0.5, 0.6) is 0 Å². The zero-order valence-corrected chi connectivity index (χ0v) is 14.2. The summed E-state index contributed by atoms with van der Waals surface area (Å²) in [6.45, 7) is 2.85. The summed E-state index contributed by atoms with van der Waals surface area (Å²) in [4.78, 5) is 6.72. The number of nitrogens with zero attached hydrogens (tertiary/aromatic N) is 2. The SMILES string of the molecule is CN=C(NCCCS(C)(=O)=O)N1CCC2(CCCCC2)C1. The molecule has 0 aromatic heterocycles. The van der Waals surface area contributed by atoms with Crippen molar-refractivity contribution < 1.29 is 8.42 Å². The number of hydrogen-bond donors (Lipinski definition) is 1. The van der Waals surface area contributed by atoms with Crippen molar-refractivity contribution in [2.75, 3.05) is 38.7 Å². The lowest BCUT2D eigenvalue weighted by Gasteiger charge is -2.33. The topological polar surface area (TPSA) is 61.8 Å². The predicted octanol–water partition coefficient (Wildman–Crippen LogP) is 1.65. The summed E-state index contributed by atoms with van der Waals surface area (Å²) < 4.78 is 22.3. The van der Waals surface area contributed by atoms with Gasteiger partial charge in [0.05, 0.1) is 5.75 Å². The second-order valence-corrected chi connectivity index (χ2v) is 8.95. The Hall–Kier alpha value is -0.780. The van der Waals surface area contributed by atoms with Crippen LogP contribution in [0.2, 0.25) is 0 Å². The van der Waals surface area contributed by atoms with Gasteiger partial charge in [-0.25, -0.2) is 8.42 Å². The van der Waals surface area contributed by atoms with Crippen LogP contribution in [0.1, 0.15) is 44.9 Å². The number of guanidine groups is 1. The normalized spacial score (nSPS) is 22.8. The zero-order valence-electron chi connectivity index (χ0n) is 13.4. The molecule has 2 rings (SSSR count). The third-order valence-corrected chi connectivity index (χ3v) is 5.87. The van der Waals surface area contributed by atoms with E-state index in [-0.39, 0.29) is 5.75 Å².